The van der Waals surface area contributed by atoms with E-state index in [9.17, 15) is 14.7 Å². The Kier molecular flexibility index (Phi) is 5.60. The zero-order valence-corrected chi connectivity index (χ0v) is 14.1. The molecule has 0 bridgehead atoms. The Bertz CT molecular complexity index is 815. The Morgan fingerprint density at radius 3 is 2.73 bits per heavy atom. The third kappa shape index (κ3) is 4.46. The van der Waals surface area contributed by atoms with Gasteiger partial charge in [0.25, 0.3) is 0 Å². The second-order valence-electron chi connectivity index (χ2n) is 5.75. The van der Waals surface area contributed by atoms with Gasteiger partial charge in [-0.3, -0.25) is 9.78 Å². The lowest BCUT2D eigenvalue weighted by Crippen LogP contribution is -2.37. The highest BCUT2D eigenvalue weighted by Crippen LogP contribution is 2.25. The molecule has 1 fully saturated rings. The topological polar surface area (TPSA) is 91.8 Å². The monoisotopic (exact) mass is 353 g/mol. The number of carbonyl (C=O) groups excluding carboxylic acids is 1. The van der Waals surface area contributed by atoms with Crippen molar-refractivity contribution in [3.8, 4) is 0 Å². The first-order valence-corrected chi connectivity index (χ1v) is 8.22. The van der Waals surface area contributed by atoms with Crippen molar-refractivity contribution in [1.29, 1.82) is 0 Å². The number of hydrogen-bond acceptors (Lipinski definition) is 5. The molecule has 134 valence electrons. The Balaban J connectivity index is 1.73. The highest BCUT2D eigenvalue weighted by Gasteiger charge is 2.19. The van der Waals surface area contributed by atoms with Crippen LogP contribution in [-0.2, 0) is 9.53 Å². The van der Waals surface area contributed by atoms with Crippen LogP contribution in [0, 0.1) is 0 Å². The van der Waals surface area contributed by atoms with E-state index in [1.807, 2.05) is 11.0 Å². The second kappa shape index (κ2) is 8.26. The SMILES string of the molecule is O=C(/C=C/c1cccnc1)Nc1ccc(N2CCOCC2)c(C(=O)O)c1. The lowest BCUT2D eigenvalue weighted by atomic mass is 10.1. The average Bonchev–Trinajstić information content (AvgIpc) is 2.68. The second-order valence-corrected chi connectivity index (χ2v) is 5.75. The van der Waals surface area contributed by atoms with E-state index in [0.29, 0.717) is 37.7 Å². The summed E-state index contributed by atoms with van der Waals surface area (Å²) >= 11 is 0. The predicted octanol–water partition coefficient (Wildman–Crippen LogP) is 2.27. The maximum absolute atomic E-state index is 12.1. The Labute approximate surface area is 150 Å². The molecule has 1 saturated heterocycles. The van der Waals surface area contributed by atoms with Crippen LogP contribution in [0.5, 0.6) is 0 Å². The quantitative estimate of drug-likeness (QED) is 0.801. The van der Waals surface area contributed by atoms with E-state index in [1.54, 1.807) is 36.7 Å². The molecule has 7 heteroatoms. The molecule has 0 radical (unpaired) electrons. The molecule has 3 rings (SSSR count). The summed E-state index contributed by atoms with van der Waals surface area (Å²) in [5, 5.41) is 12.2. The van der Waals surface area contributed by atoms with Crippen LogP contribution in [0.2, 0.25) is 0 Å². The number of hydrogen-bond donors (Lipinski definition) is 2. The van der Waals surface area contributed by atoms with Gasteiger partial charge in [0.05, 0.1) is 24.5 Å². The zero-order valence-electron chi connectivity index (χ0n) is 14.1. The minimum Gasteiger partial charge on any atom is -0.478 e. The molecular weight excluding hydrogens is 334 g/mol. The summed E-state index contributed by atoms with van der Waals surface area (Å²) in [5.41, 5.74) is 2.02. The molecule has 2 N–H and O–H groups in total. The molecule has 1 aromatic carbocycles. The van der Waals surface area contributed by atoms with Gasteiger partial charge < -0.3 is 20.1 Å². The summed E-state index contributed by atoms with van der Waals surface area (Å²) in [7, 11) is 0. The number of aromatic nitrogens is 1. The molecule has 0 aliphatic carbocycles. The number of pyridine rings is 1. The van der Waals surface area contributed by atoms with Gasteiger partial charge in [0.15, 0.2) is 0 Å². The van der Waals surface area contributed by atoms with Crippen molar-refractivity contribution in [1.82, 2.24) is 4.98 Å². The smallest absolute Gasteiger partial charge is 0.337 e. The van der Waals surface area contributed by atoms with Gasteiger partial charge in [0.1, 0.15) is 0 Å². The van der Waals surface area contributed by atoms with E-state index in [1.165, 1.54) is 12.1 Å². The van der Waals surface area contributed by atoms with Gasteiger partial charge in [-0.15, -0.1) is 0 Å². The van der Waals surface area contributed by atoms with Crippen LogP contribution in [0.4, 0.5) is 11.4 Å². The molecule has 7 nitrogen and oxygen atoms in total. The molecule has 0 spiro atoms. The fourth-order valence-corrected chi connectivity index (χ4v) is 2.70. The van der Waals surface area contributed by atoms with Crippen molar-refractivity contribution < 1.29 is 19.4 Å². The Morgan fingerprint density at radius 2 is 2.04 bits per heavy atom. The first-order valence-electron chi connectivity index (χ1n) is 8.22. The molecule has 2 aromatic rings. The summed E-state index contributed by atoms with van der Waals surface area (Å²) < 4.78 is 5.30. The molecule has 0 unspecified atom stereocenters. The largest absolute Gasteiger partial charge is 0.478 e. The van der Waals surface area contributed by atoms with Crippen molar-refractivity contribution in [3.05, 3.63) is 59.9 Å². The van der Waals surface area contributed by atoms with Crippen molar-refractivity contribution in [2.75, 3.05) is 36.5 Å². The van der Waals surface area contributed by atoms with Crippen LogP contribution < -0.4 is 10.2 Å². The number of carbonyl (C=O) groups is 2. The molecule has 1 amide bonds. The van der Waals surface area contributed by atoms with E-state index in [0.717, 1.165) is 5.56 Å². The Hall–Kier alpha value is -3.19. The van der Waals surface area contributed by atoms with Gasteiger partial charge in [-0.25, -0.2) is 4.79 Å². The molecule has 1 aliphatic heterocycles. The molecule has 2 heterocycles. The number of morpholine rings is 1. The maximum Gasteiger partial charge on any atom is 0.337 e. The first kappa shape index (κ1) is 17.6. The number of ether oxygens (including phenoxy) is 1. The van der Waals surface area contributed by atoms with E-state index in [-0.39, 0.29) is 11.5 Å². The number of nitrogens with one attached hydrogen (secondary N) is 1. The lowest BCUT2D eigenvalue weighted by Gasteiger charge is -2.30. The minimum atomic E-state index is -1.03. The van der Waals surface area contributed by atoms with Crippen LogP contribution in [0.15, 0.2) is 48.8 Å². The molecule has 1 aromatic heterocycles. The van der Waals surface area contributed by atoms with Gasteiger partial charge in [-0.1, -0.05) is 6.07 Å². The van der Waals surface area contributed by atoms with Crippen LogP contribution >= 0.6 is 0 Å². The number of benzene rings is 1. The average molecular weight is 353 g/mol. The van der Waals surface area contributed by atoms with Crippen molar-refractivity contribution in [2.45, 2.75) is 0 Å². The van der Waals surface area contributed by atoms with Gasteiger partial charge in [-0.2, -0.15) is 0 Å². The van der Waals surface area contributed by atoms with Gasteiger partial charge in [0, 0.05) is 37.2 Å². The van der Waals surface area contributed by atoms with Crippen molar-refractivity contribution in [2.24, 2.45) is 0 Å². The fourth-order valence-electron chi connectivity index (χ4n) is 2.70. The number of amides is 1. The first-order chi connectivity index (χ1) is 12.6. The van der Waals surface area contributed by atoms with Gasteiger partial charge in [0.2, 0.25) is 5.91 Å². The summed E-state index contributed by atoms with van der Waals surface area (Å²) in [4.78, 5) is 29.6. The zero-order chi connectivity index (χ0) is 18.4. The van der Waals surface area contributed by atoms with Crippen LogP contribution in [0.1, 0.15) is 15.9 Å². The van der Waals surface area contributed by atoms with E-state index < -0.39 is 5.97 Å². The number of carboxylic acid groups (broad SMARTS) is 1. The van der Waals surface area contributed by atoms with E-state index in [2.05, 4.69) is 10.3 Å². The van der Waals surface area contributed by atoms with Crippen molar-refractivity contribution >= 4 is 29.3 Å². The van der Waals surface area contributed by atoms with Crippen LogP contribution in [-0.4, -0.2) is 48.3 Å². The number of aromatic carboxylic acids is 1. The number of nitrogens with zero attached hydrogens (tertiary/aromatic N) is 2. The van der Waals surface area contributed by atoms with Crippen LogP contribution in [0.3, 0.4) is 0 Å². The Morgan fingerprint density at radius 1 is 1.23 bits per heavy atom. The molecule has 0 saturated carbocycles. The number of rotatable bonds is 5. The summed E-state index contributed by atoms with van der Waals surface area (Å²) in [5.74, 6) is -1.38. The minimum absolute atomic E-state index is 0.154. The number of anilines is 2. The molecule has 1 aliphatic rings. The molecular formula is C19H19N3O4. The molecule has 0 atom stereocenters. The highest BCUT2D eigenvalue weighted by atomic mass is 16.5. The van der Waals surface area contributed by atoms with Crippen LogP contribution in [0.25, 0.3) is 6.08 Å². The predicted molar refractivity (Wildman–Crippen MR) is 98.3 cm³/mol. The number of carboxylic acids is 1. The van der Waals surface area contributed by atoms with Gasteiger partial charge >= 0.3 is 5.97 Å². The van der Waals surface area contributed by atoms with Gasteiger partial charge in [-0.05, 0) is 35.9 Å². The fraction of sp³-hybridized carbons (Fsp3) is 0.211. The van der Waals surface area contributed by atoms with Crippen molar-refractivity contribution in [3.63, 3.8) is 0 Å². The normalized spacial score (nSPS) is 14.4. The standard InChI is InChI=1S/C19H19N3O4/c23-18(6-3-14-2-1-7-20-13-14)21-15-4-5-17(16(12-15)19(24)25)22-8-10-26-11-9-22/h1-7,12-13H,8-11H2,(H,21,23)(H,24,25)/b6-3+. The maximum atomic E-state index is 12.1. The highest BCUT2D eigenvalue weighted by molar-refractivity contribution is 6.03. The third-order valence-corrected chi connectivity index (χ3v) is 3.96. The lowest BCUT2D eigenvalue weighted by molar-refractivity contribution is -0.111. The summed E-state index contributed by atoms with van der Waals surface area (Å²) in [6, 6.07) is 8.50. The van der Waals surface area contributed by atoms with E-state index in [4.69, 9.17) is 4.74 Å². The van der Waals surface area contributed by atoms with E-state index >= 15 is 0 Å². The summed E-state index contributed by atoms with van der Waals surface area (Å²) in [6.45, 7) is 2.41. The third-order valence-electron chi connectivity index (χ3n) is 3.96. The summed E-state index contributed by atoms with van der Waals surface area (Å²) in [6.07, 6.45) is 6.32. The molecule has 26 heavy (non-hydrogen) atoms.